The van der Waals surface area contributed by atoms with Crippen molar-refractivity contribution in [3.8, 4) is 11.5 Å². The third-order valence-electron chi connectivity index (χ3n) is 3.16. The largest absolute Gasteiger partial charge is 0.502 e. The number of nitrogens with one attached hydrogen (secondary N) is 1. The molecule has 14 heteroatoms. The predicted molar refractivity (Wildman–Crippen MR) is 107 cm³/mol. The number of nitro benzene ring substituents is 2. The zero-order valence-corrected chi connectivity index (χ0v) is 15.2. The highest BCUT2D eigenvalue weighted by molar-refractivity contribution is 5.86. The Balaban J connectivity index is 0.00000420. The van der Waals surface area contributed by atoms with Gasteiger partial charge in [-0.2, -0.15) is 10.2 Å². The summed E-state index contributed by atoms with van der Waals surface area (Å²) in [6, 6.07) is 7.30. The van der Waals surface area contributed by atoms with Gasteiger partial charge in [0.2, 0.25) is 5.96 Å². The fraction of sp³-hybridized carbons (Fsp3) is 0. The Hall–Kier alpha value is -4.26. The summed E-state index contributed by atoms with van der Waals surface area (Å²) >= 11 is 0. The van der Waals surface area contributed by atoms with Crippen LogP contribution in [0.1, 0.15) is 11.1 Å². The van der Waals surface area contributed by atoms with Crippen LogP contribution in [0.4, 0.5) is 11.4 Å². The van der Waals surface area contributed by atoms with Crippen molar-refractivity contribution in [3.05, 3.63) is 67.8 Å². The van der Waals surface area contributed by atoms with Gasteiger partial charge in [0.25, 0.3) is 0 Å². The van der Waals surface area contributed by atoms with Crippen LogP contribution >= 0.6 is 12.4 Å². The quantitative estimate of drug-likeness (QED) is 0.232. The molecule has 0 atom stereocenters. The Morgan fingerprint density at radius 2 is 1.45 bits per heavy atom. The molecule has 0 bridgehead atoms. The van der Waals surface area contributed by atoms with Gasteiger partial charge in [-0.25, -0.2) is 5.43 Å². The van der Waals surface area contributed by atoms with Crippen molar-refractivity contribution in [1.29, 1.82) is 0 Å². The first-order chi connectivity index (χ1) is 13.3. The first-order valence-corrected chi connectivity index (χ1v) is 7.38. The van der Waals surface area contributed by atoms with Gasteiger partial charge in [0.15, 0.2) is 11.5 Å². The van der Waals surface area contributed by atoms with Crippen molar-refractivity contribution in [1.82, 2.24) is 5.43 Å². The van der Waals surface area contributed by atoms with Gasteiger partial charge >= 0.3 is 11.4 Å². The van der Waals surface area contributed by atoms with E-state index in [0.717, 1.165) is 24.3 Å². The second-order valence-corrected chi connectivity index (χ2v) is 5.11. The Morgan fingerprint density at radius 3 is 1.93 bits per heavy atom. The van der Waals surface area contributed by atoms with Crippen molar-refractivity contribution in [2.75, 3.05) is 0 Å². The third kappa shape index (κ3) is 6.44. The van der Waals surface area contributed by atoms with Crippen LogP contribution in [-0.4, -0.2) is 38.4 Å². The summed E-state index contributed by atoms with van der Waals surface area (Å²) < 4.78 is 0. The number of hydrogen-bond acceptors (Lipinski definition) is 9. The Bertz CT molecular complexity index is 1010. The van der Waals surface area contributed by atoms with Crippen LogP contribution in [0.25, 0.3) is 0 Å². The summed E-state index contributed by atoms with van der Waals surface area (Å²) in [6.45, 7) is 0. The van der Waals surface area contributed by atoms with Crippen LogP contribution in [0.15, 0.2) is 51.7 Å². The van der Waals surface area contributed by atoms with Crippen molar-refractivity contribution in [2.24, 2.45) is 21.0 Å². The van der Waals surface area contributed by atoms with Crippen LogP contribution in [0.3, 0.4) is 0 Å². The maximum absolute atomic E-state index is 10.7. The van der Waals surface area contributed by atoms with E-state index in [4.69, 9.17) is 5.73 Å². The number of phenolic OH excluding ortho intramolecular Hbond substituents is 2. The number of halogens is 1. The van der Waals surface area contributed by atoms with E-state index in [1.165, 1.54) is 24.6 Å². The lowest BCUT2D eigenvalue weighted by molar-refractivity contribution is -0.386. The normalized spacial score (nSPS) is 11.4. The number of rotatable bonds is 6. The number of hydrogen-bond donors (Lipinski definition) is 4. The molecule has 0 saturated heterocycles. The molecule has 152 valence electrons. The molecule has 0 radical (unpaired) electrons. The minimum absolute atomic E-state index is 0. The van der Waals surface area contributed by atoms with E-state index >= 15 is 0 Å². The Kier molecular flexibility index (Phi) is 7.99. The van der Waals surface area contributed by atoms with Gasteiger partial charge in [-0.15, -0.1) is 17.5 Å². The molecular formula is C15H14ClN7O6. The number of hydrazone groups is 1. The van der Waals surface area contributed by atoms with Crippen molar-refractivity contribution >= 4 is 42.2 Å². The SMILES string of the molecule is Cl.N/C(=N\N=Cc1ccc(O)c([N+](=O)[O-])c1)NN=Cc1ccc(O)c([N+](=O)[O-])c1. The number of benzene rings is 2. The minimum Gasteiger partial charge on any atom is -0.502 e. The lowest BCUT2D eigenvalue weighted by Crippen LogP contribution is -2.26. The molecule has 0 spiro atoms. The highest BCUT2D eigenvalue weighted by Crippen LogP contribution is 2.26. The molecule has 0 aliphatic rings. The van der Waals surface area contributed by atoms with Gasteiger partial charge in [-0.1, -0.05) is 0 Å². The van der Waals surface area contributed by atoms with Gasteiger partial charge in [0, 0.05) is 23.3 Å². The molecule has 0 aliphatic carbocycles. The van der Waals surface area contributed by atoms with E-state index in [0.29, 0.717) is 11.1 Å². The van der Waals surface area contributed by atoms with Crippen LogP contribution in [0.5, 0.6) is 11.5 Å². The Morgan fingerprint density at radius 1 is 0.966 bits per heavy atom. The molecule has 0 heterocycles. The average molecular weight is 424 g/mol. The fourth-order valence-electron chi connectivity index (χ4n) is 1.89. The Labute approximate surface area is 168 Å². The standard InChI is InChI=1S/C15H13N7O6.ClH/c16-15(19-17-7-9-1-3-13(23)11(5-9)21(25)26)20-18-8-10-2-4-14(24)12(6-10)22(27)28;/h1-8,23-24H,(H3,16,19,20);1H. The molecule has 13 nitrogen and oxygen atoms in total. The summed E-state index contributed by atoms with van der Waals surface area (Å²) in [7, 11) is 0. The lowest BCUT2D eigenvalue weighted by atomic mass is 10.2. The number of guanidine groups is 1. The number of nitrogens with zero attached hydrogens (tertiary/aromatic N) is 5. The molecule has 2 aromatic rings. The second-order valence-electron chi connectivity index (χ2n) is 5.11. The summed E-state index contributed by atoms with van der Waals surface area (Å²) in [4.78, 5) is 20.0. The van der Waals surface area contributed by atoms with E-state index in [1.807, 2.05) is 0 Å². The molecule has 2 aromatic carbocycles. The summed E-state index contributed by atoms with van der Waals surface area (Å²) in [5.41, 5.74) is 7.52. The summed E-state index contributed by atoms with van der Waals surface area (Å²) in [5.74, 6) is -1.18. The second kappa shape index (κ2) is 10.2. The summed E-state index contributed by atoms with van der Waals surface area (Å²) in [5, 5.41) is 51.1. The third-order valence-corrected chi connectivity index (χ3v) is 3.16. The predicted octanol–water partition coefficient (Wildman–Crippen LogP) is 1.61. The highest BCUT2D eigenvalue weighted by Gasteiger charge is 2.13. The molecule has 0 aromatic heterocycles. The lowest BCUT2D eigenvalue weighted by Gasteiger charge is -1.98. The van der Waals surface area contributed by atoms with Gasteiger partial charge in [0.05, 0.1) is 22.3 Å². The van der Waals surface area contributed by atoms with Crippen molar-refractivity contribution < 1.29 is 20.1 Å². The van der Waals surface area contributed by atoms with E-state index in [9.17, 15) is 30.4 Å². The van der Waals surface area contributed by atoms with E-state index < -0.39 is 32.7 Å². The van der Waals surface area contributed by atoms with Crippen LogP contribution < -0.4 is 11.2 Å². The zero-order chi connectivity index (χ0) is 20.7. The van der Waals surface area contributed by atoms with Gasteiger partial charge in [-0.05, 0) is 24.3 Å². The van der Waals surface area contributed by atoms with Crippen molar-refractivity contribution in [2.45, 2.75) is 0 Å². The molecule has 2 rings (SSSR count). The molecule has 5 N–H and O–H groups in total. The molecule has 29 heavy (non-hydrogen) atoms. The van der Waals surface area contributed by atoms with Gasteiger partial charge in [-0.3, -0.25) is 20.2 Å². The van der Waals surface area contributed by atoms with E-state index in [1.54, 1.807) is 0 Å². The molecule has 0 fully saturated rings. The summed E-state index contributed by atoms with van der Waals surface area (Å²) in [6.07, 6.45) is 2.38. The maximum Gasteiger partial charge on any atom is 0.311 e. The fourth-order valence-corrected chi connectivity index (χ4v) is 1.89. The molecule has 0 saturated carbocycles. The molecular weight excluding hydrogens is 410 g/mol. The number of nitro groups is 2. The van der Waals surface area contributed by atoms with Crippen LogP contribution in [0, 0.1) is 20.2 Å². The number of aromatic hydroxyl groups is 2. The average Bonchev–Trinajstić information content (AvgIpc) is 2.64. The maximum atomic E-state index is 10.7. The van der Waals surface area contributed by atoms with Gasteiger partial charge in [0.1, 0.15) is 0 Å². The molecule has 0 aliphatic heterocycles. The minimum atomic E-state index is -0.742. The smallest absolute Gasteiger partial charge is 0.311 e. The van der Waals surface area contributed by atoms with E-state index in [-0.39, 0.29) is 18.4 Å². The zero-order valence-electron chi connectivity index (χ0n) is 14.4. The topological polar surface area (TPSA) is 202 Å². The molecule has 0 amide bonds. The van der Waals surface area contributed by atoms with Crippen LogP contribution in [0.2, 0.25) is 0 Å². The van der Waals surface area contributed by atoms with Gasteiger partial charge < -0.3 is 15.9 Å². The highest BCUT2D eigenvalue weighted by atomic mass is 35.5. The van der Waals surface area contributed by atoms with E-state index in [2.05, 4.69) is 20.7 Å². The monoisotopic (exact) mass is 423 g/mol. The van der Waals surface area contributed by atoms with Crippen LogP contribution in [-0.2, 0) is 0 Å². The number of phenols is 2. The first-order valence-electron chi connectivity index (χ1n) is 7.38. The van der Waals surface area contributed by atoms with Crippen molar-refractivity contribution in [3.63, 3.8) is 0 Å². The first kappa shape index (κ1) is 22.8. The molecule has 0 unspecified atom stereocenters. The number of nitrogens with two attached hydrogens (primary N) is 1.